The molecule has 7 aromatic carbocycles. The number of nitro groups is 3. The fourth-order valence-electron chi connectivity index (χ4n) is 11.5. The number of halogens is 5. The smallest absolute Gasteiger partial charge is 0.870 e. The Bertz CT molecular complexity index is 5290. The Morgan fingerprint density at radius 2 is 0.894 bits per heavy atom. The Balaban J connectivity index is 0.000000547. The molecule has 0 spiro atoms. The number of nitrogens with two attached hydrogens (primary N) is 2. The van der Waals surface area contributed by atoms with Gasteiger partial charge in [-0.1, -0.05) is 256 Å². The molecule has 0 fully saturated rings. The van der Waals surface area contributed by atoms with Crippen molar-refractivity contribution in [1.82, 2.24) is 38.8 Å². The third-order valence-corrected chi connectivity index (χ3v) is 26.5. The predicted octanol–water partition coefficient (Wildman–Crippen LogP) is 23.1. The molecule has 10 aromatic rings. The van der Waals surface area contributed by atoms with Gasteiger partial charge in [-0.3, -0.25) is 41.2 Å². The third-order valence-electron chi connectivity index (χ3n) is 22.1. The molecular formula is C93H125Cl5N17NaO12S4. The second-order valence-electron chi connectivity index (χ2n) is 33.7. The van der Waals surface area contributed by atoms with Crippen LogP contribution in [-0.4, -0.2) is 109 Å². The zero-order valence-corrected chi connectivity index (χ0v) is 88.2. The molecule has 3 heterocycles. The number of nitrogens with one attached hydrogen (secondary N) is 5. The van der Waals surface area contributed by atoms with E-state index in [1.54, 1.807) is 49.4 Å². The fourth-order valence-corrected chi connectivity index (χ4v) is 13.2. The van der Waals surface area contributed by atoms with Crippen molar-refractivity contribution >= 4 is 148 Å². The van der Waals surface area contributed by atoms with E-state index >= 15 is 0 Å². The summed E-state index contributed by atoms with van der Waals surface area (Å²) >= 11 is 24.2. The maximum Gasteiger partial charge on any atom is 1.00 e. The normalized spacial score (nSPS) is 11.1. The van der Waals surface area contributed by atoms with Crippen LogP contribution in [0.4, 0.5) is 32.1 Å². The van der Waals surface area contributed by atoms with E-state index in [0.29, 0.717) is 111 Å². The Morgan fingerprint density at radius 3 is 1.25 bits per heavy atom. The monoisotopic (exact) mass is 2000 g/mol. The summed E-state index contributed by atoms with van der Waals surface area (Å²) in [6.07, 6.45) is 10.4. The average Bonchev–Trinajstić information content (AvgIpc) is 1.09. The number of alkyl halides is 3. The number of non-ortho nitro benzene ring substituents is 3. The number of carbonyl (C=O) groups is 1. The maximum atomic E-state index is 12.2. The molecule has 0 aliphatic carbocycles. The Kier molecular flexibility index (Phi) is 52.5. The molecule has 0 aliphatic rings. The number of hydrogen-bond donors (Lipinski definition) is 7. The molecule has 0 unspecified atom stereocenters. The number of aryl methyl sites for hydroxylation is 1. The SMILES string of the molecule is CC(=N)c1cccc([N+](=O)[O-])c1.CCC(C)(C)c1ccc(OCCCN)c(C(C)(C)CC)c1.CCC(C)(C)c1ccc(OCCCN=C=O)c(C(C)(C)CC)c1.CCC(C)(C)c1ccc(OCCCNC(=O)NNc2nc(-c3cccc(C)c3)ns2)c(C(C)(C)CC)c1.ClSC(Cl)(Cl)Cl.NNc1nc(-c2cccc([N+](=O)[O-])c2)ns1.O=[N+]([O-])c1cccc(-c2nsc(Cl)n2)c1.[Na+].[OH-]. The van der Waals surface area contributed by atoms with Crippen LogP contribution in [0.25, 0.3) is 34.2 Å². The third kappa shape index (κ3) is 40.1. The number of hydrogen-bond acceptors (Lipinski definition) is 28. The van der Waals surface area contributed by atoms with E-state index in [4.69, 9.17) is 88.3 Å². The number of anilines is 2. The molecule has 0 radical (unpaired) electrons. The number of nitrogen functional groups attached to an aromatic ring is 1. The van der Waals surface area contributed by atoms with Crippen LogP contribution < -0.4 is 76.9 Å². The molecule has 0 saturated carbocycles. The van der Waals surface area contributed by atoms with E-state index in [1.807, 2.05) is 31.2 Å². The quantitative estimate of drug-likeness (QED) is 0.00280. The number of amides is 2. The van der Waals surface area contributed by atoms with Crippen LogP contribution in [0.2, 0.25) is 4.47 Å². The van der Waals surface area contributed by atoms with Crippen LogP contribution in [-0.2, 0) is 37.3 Å². The van der Waals surface area contributed by atoms with Crippen LogP contribution >= 0.6 is 103 Å². The van der Waals surface area contributed by atoms with Crippen LogP contribution in [0.1, 0.15) is 234 Å². The van der Waals surface area contributed by atoms with Gasteiger partial charge in [0.05, 0.1) is 41.1 Å². The zero-order chi connectivity index (χ0) is 97.4. The largest absolute Gasteiger partial charge is 1.00 e. The minimum Gasteiger partial charge on any atom is -0.870 e. The van der Waals surface area contributed by atoms with E-state index in [2.05, 4.69) is 234 Å². The number of ether oxygens (including phenoxy) is 3. The first-order valence-corrected chi connectivity index (χ1v) is 47.9. The molecule has 10 N–H and O–H groups in total. The van der Waals surface area contributed by atoms with E-state index in [-0.39, 0.29) is 90.6 Å². The van der Waals surface area contributed by atoms with E-state index in [0.717, 1.165) is 103 Å². The molecule has 10 rings (SSSR count). The van der Waals surface area contributed by atoms with Gasteiger partial charge in [0, 0.05) is 128 Å². The Hall–Kier alpha value is -8.58. The Labute approximate surface area is 839 Å². The van der Waals surface area contributed by atoms with Gasteiger partial charge in [-0.2, -0.15) is 23.1 Å². The molecule has 714 valence electrons. The maximum absolute atomic E-state index is 12.2. The van der Waals surface area contributed by atoms with Gasteiger partial charge in [-0.25, -0.2) is 30.8 Å². The van der Waals surface area contributed by atoms with Gasteiger partial charge < -0.3 is 36.1 Å². The van der Waals surface area contributed by atoms with Crippen molar-refractivity contribution < 1.29 is 73.6 Å². The first kappa shape index (κ1) is 119. The number of rotatable bonds is 36. The van der Waals surface area contributed by atoms with Crippen molar-refractivity contribution in [3.63, 3.8) is 0 Å². The fraction of sp³-hybridized carbons (Fsp3) is 0.452. The minimum absolute atomic E-state index is 0. The number of carbonyl (C=O) groups excluding carboxylic acids is 2. The van der Waals surface area contributed by atoms with E-state index < -0.39 is 17.9 Å². The minimum atomic E-state index is -1.36. The van der Waals surface area contributed by atoms with Gasteiger partial charge in [0.25, 0.3) is 20.2 Å². The zero-order valence-electron chi connectivity index (χ0n) is 79.1. The first-order chi connectivity index (χ1) is 61.1. The summed E-state index contributed by atoms with van der Waals surface area (Å²) in [6, 6.07) is 45.9. The number of aliphatic imine (C=N–C) groups is 1. The molecule has 29 nitrogen and oxygen atoms in total. The topological polar surface area (TPSA) is 435 Å². The second-order valence-corrected chi connectivity index (χ2v) is 40.8. The number of benzene rings is 7. The van der Waals surface area contributed by atoms with E-state index in [1.165, 1.54) is 81.3 Å². The number of nitrogens with zero attached hydrogens (tertiary/aromatic N) is 10. The van der Waals surface area contributed by atoms with Gasteiger partial charge in [0.2, 0.25) is 20.8 Å². The van der Waals surface area contributed by atoms with Crippen molar-refractivity contribution in [3.05, 3.63) is 231 Å². The summed E-state index contributed by atoms with van der Waals surface area (Å²) in [5.74, 6) is 9.52. The molecule has 3 aromatic heterocycles. The number of hydrazine groups is 2. The van der Waals surface area contributed by atoms with Gasteiger partial charge in [-0.15, -0.1) is 0 Å². The molecule has 0 saturated heterocycles. The first-order valence-electron chi connectivity index (χ1n) is 42.4. The second kappa shape index (κ2) is 58.0. The molecule has 0 aliphatic heterocycles. The number of urea groups is 1. The summed E-state index contributed by atoms with van der Waals surface area (Å²) in [5.41, 5.74) is 26.2. The molecule has 0 atom stereocenters. The molecule has 132 heavy (non-hydrogen) atoms. The van der Waals surface area contributed by atoms with Gasteiger partial charge in [0.1, 0.15) is 17.2 Å². The average molecular weight is 2000 g/mol. The summed E-state index contributed by atoms with van der Waals surface area (Å²) in [6.45, 7) is 47.8. The number of nitro benzene ring substituents is 3. The van der Waals surface area contributed by atoms with Crippen LogP contribution in [0.15, 0.2) is 157 Å². The van der Waals surface area contributed by atoms with Crippen molar-refractivity contribution in [2.75, 3.05) is 50.3 Å². The van der Waals surface area contributed by atoms with Crippen LogP contribution in [0, 0.1) is 42.7 Å². The van der Waals surface area contributed by atoms with Crippen molar-refractivity contribution in [2.45, 2.75) is 232 Å². The van der Waals surface area contributed by atoms with Crippen molar-refractivity contribution in [1.29, 1.82) is 5.41 Å². The van der Waals surface area contributed by atoms with Crippen LogP contribution in [0.5, 0.6) is 17.2 Å². The number of isocyanates is 1. The van der Waals surface area contributed by atoms with Gasteiger partial charge in [0.15, 0.2) is 17.5 Å². The van der Waals surface area contributed by atoms with E-state index in [9.17, 15) is 39.9 Å². The summed E-state index contributed by atoms with van der Waals surface area (Å²) in [4.78, 5) is 68.3. The van der Waals surface area contributed by atoms with Gasteiger partial charge in [-0.05, 0) is 179 Å². The van der Waals surface area contributed by atoms with Crippen LogP contribution in [0.3, 0.4) is 0 Å². The summed E-state index contributed by atoms with van der Waals surface area (Å²) in [7, 11) is 5.65. The summed E-state index contributed by atoms with van der Waals surface area (Å²) < 4.78 is 29.5. The Morgan fingerprint density at radius 1 is 0.530 bits per heavy atom. The van der Waals surface area contributed by atoms with Gasteiger partial charge >= 0.3 is 35.6 Å². The molecule has 39 heteroatoms. The van der Waals surface area contributed by atoms with Crippen molar-refractivity contribution in [2.24, 2.45) is 16.6 Å². The standard InChI is InChI=1S/C29H41N5O2S.C20H31NO2.C19H33NO.C8H4ClN3O2S.C8H7N5O2S.C8H8N2O2.CCl4S.Na.H2O/c1-8-28(4,5)22-14-15-24(23(19-22)29(6,7)9-2)36-17-11-16-30-26(35)32-33-27-31-25(34-37-27)21-13-10-12-20(3)18-21;1-7-19(3,4)16-10-11-18(23-13-9-12-21-15-22)17(14-16)20(5,6)8-2;1-7-18(3,4)15-10-11-17(21-13-9-12-20)16(14-15)19(5,6)8-2;9-8-10-7(11-15-8)5-2-1-3-6(4-5)12(13)14;9-11-8-10-7(12-16-8)5-2-1-3-6(4-5)13(14)15;1-6(9)7-3-2-4-8(5-7)10(11)12;2-1(3,4)6-5;;/h10,12-15,18-19H,8-9,11,16-17H2,1-7H3,(H2,30,32,35)(H,31,33,34);10-11,14H,7-9,12-13H2,1-6H3;10-11,14H,7-9,12-13,20H2,1-6H3;1-4H;1-4H,9H2,(H,10,11,12);2-5,9H,1H3;;;1H2/q;;;;;;;+1;/p-1. The molecule has 0 bridgehead atoms. The number of aromatic nitrogens is 6. The molecular weight excluding hydrogens is 1880 g/mol. The molecule has 2 amide bonds. The summed E-state index contributed by atoms with van der Waals surface area (Å²) in [5, 5.41) is 42.5. The van der Waals surface area contributed by atoms with Crippen molar-refractivity contribution in [3.8, 4) is 51.4 Å². The predicted molar refractivity (Wildman–Crippen MR) is 540 cm³/mol.